The minimum Gasteiger partial charge on any atom is -0.287 e. The lowest BCUT2D eigenvalue weighted by atomic mass is 10.1. The lowest BCUT2D eigenvalue weighted by molar-refractivity contribution is 1.17. The molecule has 0 aliphatic carbocycles. The van der Waals surface area contributed by atoms with Gasteiger partial charge in [-0.15, -0.1) is 0 Å². The van der Waals surface area contributed by atoms with Crippen molar-refractivity contribution < 1.29 is 0 Å². The summed E-state index contributed by atoms with van der Waals surface area (Å²) in [6.07, 6.45) is 0. The van der Waals surface area contributed by atoms with Gasteiger partial charge in [0, 0.05) is 14.3 Å². The number of fused-ring (bicyclic) bond motifs is 1. The zero-order valence-corrected chi connectivity index (χ0v) is 13.3. The van der Waals surface area contributed by atoms with Crippen molar-refractivity contribution in [2.75, 3.05) is 5.43 Å². The van der Waals surface area contributed by atoms with Gasteiger partial charge in [-0.1, -0.05) is 24.3 Å². The van der Waals surface area contributed by atoms with Crippen molar-refractivity contribution in [2.24, 2.45) is 5.10 Å². The predicted molar refractivity (Wildman–Crippen MR) is 93.5 cm³/mol. The molecule has 0 radical (unpaired) electrons. The van der Waals surface area contributed by atoms with Gasteiger partial charge in [0.05, 0.1) is 5.69 Å². The van der Waals surface area contributed by atoms with E-state index in [4.69, 9.17) is 0 Å². The second-order valence-electron chi connectivity index (χ2n) is 4.61. The van der Waals surface area contributed by atoms with E-state index in [9.17, 15) is 14.4 Å². The van der Waals surface area contributed by atoms with Crippen molar-refractivity contribution in [2.45, 2.75) is 0 Å². The highest BCUT2D eigenvalue weighted by Crippen LogP contribution is 2.10. The van der Waals surface area contributed by atoms with Crippen molar-refractivity contribution in [3.63, 3.8) is 0 Å². The van der Waals surface area contributed by atoms with Gasteiger partial charge in [-0.2, -0.15) is 5.10 Å². The van der Waals surface area contributed by atoms with Gasteiger partial charge in [-0.3, -0.25) is 19.8 Å². The van der Waals surface area contributed by atoms with Crippen LogP contribution in [0.4, 0.5) is 5.69 Å². The zero-order chi connectivity index (χ0) is 15.7. The highest BCUT2D eigenvalue weighted by Gasteiger charge is 2.10. The molecular formula is C16H9IN2O3. The van der Waals surface area contributed by atoms with E-state index in [1.165, 1.54) is 12.1 Å². The maximum atomic E-state index is 12.3. The van der Waals surface area contributed by atoms with E-state index in [1.807, 2.05) is 12.1 Å². The average Bonchev–Trinajstić information content (AvgIpc) is 2.54. The summed E-state index contributed by atoms with van der Waals surface area (Å²) < 4.78 is 1.05. The monoisotopic (exact) mass is 404 g/mol. The lowest BCUT2D eigenvalue weighted by Crippen LogP contribution is -2.48. The molecule has 6 heteroatoms. The molecule has 0 amide bonds. The molecule has 0 aliphatic heterocycles. The fourth-order valence-corrected chi connectivity index (χ4v) is 2.45. The van der Waals surface area contributed by atoms with E-state index in [0.717, 1.165) is 3.57 Å². The molecule has 0 atom stereocenters. The third kappa shape index (κ3) is 2.57. The highest BCUT2D eigenvalue weighted by atomic mass is 127. The van der Waals surface area contributed by atoms with Crippen molar-refractivity contribution in [3.05, 3.63) is 88.1 Å². The number of benzene rings is 3. The number of rotatable bonds is 2. The second kappa shape index (κ2) is 5.80. The van der Waals surface area contributed by atoms with Crippen LogP contribution in [-0.2, 0) is 0 Å². The molecule has 1 N–H and O–H groups in total. The van der Waals surface area contributed by atoms with Gasteiger partial charge >= 0.3 is 0 Å². The highest BCUT2D eigenvalue weighted by molar-refractivity contribution is 14.1. The SMILES string of the molecule is O=c1c(=NNc2ccc(I)cc2)c(=O)c2ccccc2c1=O. The first-order valence-corrected chi connectivity index (χ1v) is 7.48. The van der Waals surface area contributed by atoms with Crippen LogP contribution < -0.4 is 27.1 Å². The van der Waals surface area contributed by atoms with Crippen LogP contribution in [0.15, 0.2) is 68.0 Å². The standard InChI is InChI=1S/C16H9IN2O3/c17-9-5-7-10(8-6-9)18-19-13-14(20)11-3-1-2-4-12(11)15(21)16(13)22/h1-8,18H. The topological polar surface area (TPSA) is 75.6 Å². The van der Waals surface area contributed by atoms with Crippen molar-refractivity contribution >= 4 is 39.1 Å². The second-order valence-corrected chi connectivity index (χ2v) is 5.86. The lowest BCUT2D eigenvalue weighted by Gasteiger charge is -1.99. The van der Waals surface area contributed by atoms with Crippen LogP contribution >= 0.6 is 22.6 Å². The normalized spacial score (nSPS) is 11.8. The van der Waals surface area contributed by atoms with Crippen LogP contribution in [0.25, 0.3) is 10.8 Å². The average molecular weight is 404 g/mol. The van der Waals surface area contributed by atoms with Crippen LogP contribution in [-0.4, -0.2) is 0 Å². The fraction of sp³-hybridized carbons (Fsp3) is 0. The van der Waals surface area contributed by atoms with Gasteiger partial charge in [0.25, 0.3) is 5.43 Å². The van der Waals surface area contributed by atoms with Gasteiger partial charge in [-0.25, -0.2) is 0 Å². The van der Waals surface area contributed by atoms with Crippen molar-refractivity contribution in [3.8, 4) is 0 Å². The molecule has 0 aliphatic rings. The predicted octanol–water partition coefficient (Wildman–Crippen LogP) is 1.33. The van der Waals surface area contributed by atoms with E-state index >= 15 is 0 Å². The molecule has 108 valence electrons. The third-order valence-corrected chi connectivity index (χ3v) is 3.91. The van der Waals surface area contributed by atoms with Gasteiger partial charge in [0.1, 0.15) is 0 Å². The molecule has 3 aromatic carbocycles. The molecule has 0 heterocycles. The Balaban J connectivity index is 2.21. The Kier molecular flexibility index (Phi) is 3.84. The Morgan fingerprint density at radius 1 is 0.773 bits per heavy atom. The van der Waals surface area contributed by atoms with Crippen molar-refractivity contribution in [1.29, 1.82) is 0 Å². The van der Waals surface area contributed by atoms with Crippen LogP contribution in [0.1, 0.15) is 0 Å². The maximum absolute atomic E-state index is 12.3. The quantitative estimate of drug-likeness (QED) is 0.397. The zero-order valence-electron chi connectivity index (χ0n) is 11.2. The molecule has 0 saturated heterocycles. The molecule has 3 rings (SSSR count). The summed E-state index contributed by atoms with van der Waals surface area (Å²) in [4.78, 5) is 36.4. The van der Waals surface area contributed by atoms with E-state index in [2.05, 4.69) is 33.1 Å². The minimum atomic E-state index is -0.887. The molecule has 5 nitrogen and oxygen atoms in total. The van der Waals surface area contributed by atoms with E-state index < -0.39 is 16.3 Å². The molecule has 0 aromatic heterocycles. The van der Waals surface area contributed by atoms with Gasteiger partial charge in [-0.05, 0) is 46.9 Å². The van der Waals surface area contributed by atoms with Crippen LogP contribution in [0.2, 0.25) is 0 Å². The summed E-state index contributed by atoms with van der Waals surface area (Å²) in [6.45, 7) is 0. The summed E-state index contributed by atoms with van der Waals surface area (Å²) >= 11 is 2.16. The first-order valence-electron chi connectivity index (χ1n) is 6.40. The van der Waals surface area contributed by atoms with Crippen LogP contribution in [0.5, 0.6) is 0 Å². The number of hydrogen-bond acceptors (Lipinski definition) is 5. The van der Waals surface area contributed by atoms with E-state index in [0.29, 0.717) is 5.69 Å². The van der Waals surface area contributed by atoms with E-state index in [-0.39, 0.29) is 16.1 Å². The summed E-state index contributed by atoms with van der Waals surface area (Å²) in [5, 5.41) is 3.79. The smallest absolute Gasteiger partial charge is 0.257 e. The molecular weight excluding hydrogens is 395 g/mol. The van der Waals surface area contributed by atoms with Crippen LogP contribution in [0, 0.1) is 3.57 Å². The Hall–Kier alpha value is -2.35. The Bertz CT molecular complexity index is 1070. The number of hydrogen-bond donors (Lipinski definition) is 1. The number of halogens is 1. The Morgan fingerprint density at radius 2 is 1.36 bits per heavy atom. The molecule has 0 spiro atoms. The molecule has 0 fully saturated rings. The van der Waals surface area contributed by atoms with Crippen LogP contribution in [0.3, 0.4) is 0 Å². The van der Waals surface area contributed by atoms with Gasteiger partial charge in [0.2, 0.25) is 10.9 Å². The van der Waals surface area contributed by atoms with Gasteiger partial charge < -0.3 is 0 Å². The molecule has 3 aromatic rings. The largest absolute Gasteiger partial charge is 0.287 e. The summed E-state index contributed by atoms with van der Waals surface area (Å²) in [6, 6.07) is 13.5. The minimum absolute atomic E-state index is 0.130. The Morgan fingerprint density at radius 3 is 2.00 bits per heavy atom. The Labute approximate surface area is 137 Å². The molecule has 0 bridgehead atoms. The van der Waals surface area contributed by atoms with E-state index in [1.54, 1.807) is 24.3 Å². The number of nitrogens with zero attached hydrogens (tertiary/aromatic N) is 1. The molecule has 0 saturated carbocycles. The maximum Gasteiger partial charge on any atom is 0.257 e. The first-order chi connectivity index (χ1) is 10.6. The number of nitrogens with one attached hydrogen (secondary N) is 1. The van der Waals surface area contributed by atoms with Gasteiger partial charge in [0.15, 0.2) is 5.36 Å². The molecule has 22 heavy (non-hydrogen) atoms. The van der Waals surface area contributed by atoms with Crippen molar-refractivity contribution in [1.82, 2.24) is 0 Å². The summed E-state index contributed by atoms with van der Waals surface area (Å²) in [7, 11) is 0. The fourth-order valence-electron chi connectivity index (χ4n) is 2.09. The summed E-state index contributed by atoms with van der Waals surface area (Å²) in [5.41, 5.74) is 1.13. The summed E-state index contributed by atoms with van der Waals surface area (Å²) in [5.74, 6) is 0. The first kappa shape index (κ1) is 14.6. The third-order valence-electron chi connectivity index (χ3n) is 3.19. The number of anilines is 1. The molecule has 0 unspecified atom stereocenters.